The Morgan fingerprint density at radius 3 is 2.23 bits per heavy atom. The molecule has 0 unspecified atom stereocenters. The largest absolute Gasteiger partial charge is 0.480 e. The molecule has 160 valence electrons. The van der Waals surface area contributed by atoms with Crippen LogP contribution < -0.4 is 10.6 Å². The number of nitrogens with one attached hydrogen (secondary N) is 2. The molecule has 0 saturated heterocycles. The molecule has 8 heteroatoms. The number of hydrogen-bond donors (Lipinski definition) is 4. The van der Waals surface area contributed by atoms with E-state index in [4.69, 9.17) is 4.74 Å². The number of carboxylic acids is 1. The van der Waals surface area contributed by atoms with Crippen molar-refractivity contribution in [2.75, 3.05) is 6.61 Å². The first-order chi connectivity index (χ1) is 14.3. The molecule has 2 aromatic carbocycles. The summed E-state index contributed by atoms with van der Waals surface area (Å²) in [5.74, 6) is -2.03. The molecule has 0 aliphatic carbocycles. The Kier molecular flexibility index (Phi) is 8.37. The summed E-state index contributed by atoms with van der Waals surface area (Å²) in [6.45, 7) is 3.16. The van der Waals surface area contributed by atoms with Gasteiger partial charge in [0.05, 0.1) is 6.61 Å². The molecule has 0 saturated carbocycles. The van der Waals surface area contributed by atoms with E-state index in [0.717, 1.165) is 22.3 Å². The predicted octanol–water partition coefficient (Wildman–Crippen LogP) is 1.70. The van der Waals surface area contributed by atoms with Gasteiger partial charge in [0.25, 0.3) is 0 Å². The molecule has 0 fully saturated rings. The van der Waals surface area contributed by atoms with E-state index in [1.165, 1.54) is 0 Å². The molecule has 0 aromatic heterocycles. The Bertz CT molecular complexity index is 884. The van der Waals surface area contributed by atoms with Crippen molar-refractivity contribution < 1.29 is 29.3 Å². The summed E-state index contributed by atoms with van der Waals surface area (Å²) in [4.78, 5) is 35.9. The van der Waals surface area contributed by atoms with E-state index in [1.54, 1.807) is 30.3 Å². The topological polar surface area (TPSA) is 125 Å². The highest BCUT2D eigenvalue weighted by Crippen LogP contribution is 2.12. The molecule has 2 rings (SSSR count). The van der Waals surface area contributed by atoms with E-state index in [0.29, 0.717) is 0 Å². The first-order valence-electron chi connectivity index (χ1n) is 9.47. The second-order valence-electron chi connectivity index (χ2n) is 6.96. The van der Waals surface area contributed by atoms with Crippen molar-refractivity contribution in [2.45, 2.75) is 39.0 Å². The van der Waals surface area contributed by atoms with Gasteiger partial charge in [0, 0.05) is 6.42 Å². The van der Waals surface area contributed by atoms with Gasteiger partial charge in [-0.25, -0.2) is 9.59 Å². The van der Waals surface area contributed by atoms with Crippen LogP contribution in [-0.4, -0.2) is 46.9 Å². The summed E-state index contributed by atoms with van der Waals surface area (Å²) in [6, 6.07) is 11.9. The van der Waals surface area contributed by atoms with Crippen LogP contribution in [0.15, 0.2) is 48.5 Å². The zero-order valence-electron chi connectivity index (χ0n) is 16.9. The van der Waals surface area contributed by atoms with Gasteiger partial charge in [-0.05, 0) is 36.1 Å². The van der Waals surface area contributed by atoms with Crippen LogP contribution in [0, 0.1) is 13.8 Å². The van der Waals surface area contributed by atoms with Crippen LogP contribution in [0.2, 0.25) is 0 Å². The average molecular weight is 414 g/mol. The maximum absolute atomic E-state index is 12.4. The molecular formula is C22H26N2O6. The van der Waals surface area contributed by atoms with Crippen molar-refractivity contribution in [3.8, 4) is 0 Å². The number of benzene rings is 2. The van der Waals surface area contributed by atoms with Crippen LogP contribution in [0.4, 0.5) is 4.79 Å². The van der Waals surface area contributed by atoms with Gasteiger partial charge >= 0.3 is 12.1 Å². The zero-order chi connectivity index (χ0) is 22.1. The minimum atomic E-state index is -1.34. The lowest BCUT2D eigenvalue weighted by Crippen LogP contribution is -2.53. The summed E-state index contributed by atoms with van der Waals surface area (Å²) < 4.78 is 5.03. The van der Waals surface area contributed by atoms with Crippen molar-refractivity contribution in [3.63, 3.8) is 0 Å². The Hall–Kier alpha value is -3.39. The molecule has 2 atom stereocenters. The van der Waals surface area contributed by atoms with Gasteiger partial charge in [-0.1, -0.05) is 48.5 Å². The number of aliphatic carboxylic acids is 1. The summed E-state index contributed by atoms with van der Waals surface area (Å²) in [6.07, 6.45) is -0.826. The Morgan fingerprint density at radius 2 is 1.63 bits per heavy atom. The van der Waals surface area contributed by atoms with Crippen LogP contribution in [0.25, 0.3) is 0 Å². The maximum atomic E-state index is 12.4. The maximum Gasteiger partial charge on any atom is 0.408 e. The van der Waals surface area contributed by atoms with Gasteiger partial charge in [0.2, 0.25) is 5.91 Å². The third kappa shape index (κ3) is 6.89. The smallest absolute Gasteiger partial charge is 0.408 e. The van der Waals surface area contributed by atoms with E-state index in [-0.39, 0.29) is 13.0 Å². The van der Waals surface area contributed by atoms with Crippen LogP contribution in [-0.2, 0) is 27.4 Å². The SMILES string of the molecule is Cc1ccc(C[C@H](NC(=O)[C@H](CO)NC(=O)OCc2ccccc2)C(=O)O)cc1C. The molecule has 2 aromatic rings. The van der Waals surface area contributed by atoms with Crippen molar-refractivity contribution in [1.29, 1.82) is 0 Å². The number of hydrogen-bond acceptors (Lipinski definition) is 5. The van der Waals surface area contributed by atoms with E-state index in [1.807, 2.05) is 32.0 Å². The van der Waals surface area contributed by atoms with Crippen LogP contribution in [0.1, 0.15) is 22.3 Å². The quantitative estimate of drug-likeness (QED) is 0.495. The van der Waals surface area contributed by atoms with Gasteiger partial charge in [0.15, 0.2) is 0 Å². The molecule has 8 nitrogen and oxygen atoms in total. The second-order valence-corrected chi connectivity index (χ2v) is 6.96. The normalized spacial score (nSPS) is 12.5. The van der Waals surface area contributed by atoms with E-state index in [2.05, 4.69) is 10.6 Å². The first kappa shape index (κ1) is 22.9. The van der Waals surface area contributed by atoms with Crippen molar-refractivity contribution >= 4 is 18.0 Å². The fourth-order valence-electron chi connectivity index (χ4n) is 2.74. The summed E-state index contributed by atoms with van der Waals surface area (Å²) in [5, 5.41) is 23.5. The fraction of sp³-hybridized carbons (Fsp3) is 0.318. The fourth-order valence-corrected chi connectivity index (χ4v) is 2.74. The number of aliphatic hydroxyl groups is 1. The van der Waals surface area contributed by atoms with Crippen LogP contribution >= 0.6 is 0 Å². The lowest BCUT2D eigenvalue weighted by atomic mass is 10.0. The number of ether oxygens (including phenoxy) is 1. The monoisotopic (exact) mass is 414 g/mol. The molecule has 0 aliphatic heterocycles. The van der Waals surface area contributed by atoms with Gasteiger partial charge < -0.3 is 25.6 Å². The Labute approximate surface area is 174 Å². The highest BCUT2D eigenvalue weighted by atomic mass is 16.5. The van der Waals surface area contributed by atoms with E-state index < -0.39 is 36.7 Å². The minimum absolute atomic E-state index is 0.00301. The van der Waals surface area contributed by atoms with Crippen molar-refractivity contribution in [2.24, 2.45) is 0 Å². The van der Waals surface area contributed by atoms with Crippen molar-refractivity contribution in [3.05, 3.63) is 70.8 Å². The molecule has 0 aliphatic rings. The highest BCUT2D eigenvalue weighted by Gasteiger charge is 2.26. The Morgan fingerprint density at radius 1 is 0.933 bits per heavy atom. The standard InChI is InChI=1S/C22H26N2O6/c1-14-8-9-17(10-15(14)2)11-18(21(27)28)23-20(26)19(12-25)24-22(29)30-13-16-6-4-3-5-7-16/h3-10,18-19,25H,11-13H2,1-2H3,(H,23,26)(H,24,29)(H,27,28)/t18-,19-/m0/s1. The summed E-state index contributed by atoms with van der Waals surface area (Å²) >= 11 is 0. The zero-order valence-corrected chi connectivity index (χ0v) is 16.9. The third-order valence-corrected chi connectivity index (χ3v) is 4.63. The molecule has 0 radical (unpaired) electrons. The van der Waals surface area contributed by atoms with Gasteiger partial charge in [-0.2, -0.15) is 0 Å². The third-order valence-electron chi connectivity index (χ3n) is 4.63. The number of rotatable bonds is 9. The molecular weight excluding hydrogens is 388 g/mol. The van der Waals surface area contributed by atoms with Crippen LogP contribution in [0.5, 0.6) is 0 Å². The van der Waals surface area contributed by atoms with Gasteiger partial charge in [0.1, 0.15) is 18.7 Å². The Balaban J connectivity index is 1.94. The molecule has 0 spiro atoms. The van der Waals surface area contributed by atoms with Crippen molar-refractivity contribution in [1.82, 2.24) is 10.6 Å². The molecule has 0 heterocycles. The highest BCUT2D eigenvalue weighted by molar-refractivity contribution is 5.89. The van der Waals surface area contributed by atoms with E-state index >= 15 is 0 Å². The van der Waals surface area contributed by atoms with Crippen LogP contribution in [0.3, 0.4) is 0 Å². The summed E-state index contributed by atoms with van der Waals surface area (Å²) in [5.41, 5.74) is 3.60. The molecule has 2 amide bonds. The summed E-state index contributed by atoms with van der Waals surface area (Å²) in [7, 11) is 0. The van der Waals surface area contributed by atoms with E-state index in [9.17, 15) is 24.6 Å². The predicted molar refractivity (Wildman–Crippen MR) is 110 cm³/mol. The first-order valence-corrected chi connectivity index (χ1v) is 9.47. The number of aliphatic hydroxyl groups excluding tert-OH is 1. The number of aryl methyl sites for hydroxylation is 2. The number of carbonyl (C=O) groups is 3. The molecule has 0 bridgehead atoms. The lowest BCUT2D eigenvalue weighted by molar-refractivity contribution is -0.142. The number of carboxylic acid groups (broad SMARTS) is 1. The lowest BCUT2D eigenvalue weighted by Gasteiger charge is -2.20. The second kappa shape index (κ2) is 11.0. The number of amides is 2. The number of carbonyl (C=O) groups excluding carboxylic acids is 2. The molecule has 30 heavy (non-hydrogen) atoms. The minimum Gasteiger partial charge on any atom is -0.480 e. The molecule has 4 N–H and O–H groups in total. The average Bonchev–Trinajstić information content (AvgIpc) is 2.73. The number of alkyl carbamates (subject to hydrolysis) is 1. The van der Waals surface area contributed by atoms with Gasteiger partial charge in [-0.3, -0.25) is 4.79 Å². The van der Waals surface area contributed by atoms with Gasteiger partial charge in [-0.15, -0.1) is 0 Å².